The molecule has 0 unspecified atom stereocenters. The molecule has 0 N–H and O–H groups in total. The fraction of sp³-hybridized carbons (Fsp3) is 0.368. The standard InChI is InChI=1S/C19H22ClN7OS/c1-24-17(13-28-16-6-3-2-5-15(16)20)23-27(19(24)29)14-25-9-11-26(12-10-25)18-21-7-4-8-22-18/h2-8H,9-14H2,1H3. The molecule has 8 nitrogen and oxygen atoms in total. The van der Waals surface area contributed by atoms with Crippen LogP contribution in [0.2, 0.25) is 5.02 Å². The molecule has 2 aromatic heterocycles. The highest BCUT2D eigenvalue weighted by Gasteiger charge is 2.20. The maximum atomic E-state index is 6.15. The van der Waals surface area contributed by atoms with E-state index < -0.39 is 0 Å². The van der Waals surface area contributed by atoms with Crippen molar-refractivity contribution in [2.75, 3.05) is 31.1 Å². The van der Waals surface area contributed by atoms with Gasteiger partial charge in [0.25, 0.3) is 0 Å². The Labute approximate surface area is 179 Å². The number of piperazine rings is 1. The lowest BCUT2D eigenvalue weighted by Gasteiger charge is -2.34. The van der Waals surface area contributed by atoms with Crippen LogP contribution in [0.25, 0.3) is 0 Å². The van der Waals surface area contributed by atoms with Gasteiger partial charge in [-0.1, -0.05) is 23.7 Å². The minimum Gasteiger partial charge on any atom is -0.484 e. The molecule has 1 fully saturated rings. The smallest absolute Gasteiger partial charge is 0.225 e. The fourth-order valence-corrected chi connectivity index (χ4v) is 3.58. The monoisotopic (exact) mass is 431 g/mol. The zero-order valence-electron chi connectivity index (χ0n) is 16.1. The largest absolute Gasteiger partial charge is 0.484 e. The van der Waals surface area contributed by atoms with Crippen molar-refractivity contribution < 1.29 is 4.74 Å². The molecule has 1 aliphatic rings. The second kappa shape index (κ2) is 8.89. The molecule has 0 bridgehead atoms. The van der Waals surface area contributed by atoms with Gasteiger partial charge in [-0.2, -0.15) is 5.10 Å². The van der Waals surface area contributed by atoms with E-state index in [9.17, 15) is 0 Å². The summed E-state index contributed by atoms with van der Waals surface area (Å²) in [6.45, 7) is 4.46. The van der Waals surface area contributed by atoms with Crippen LogP contribution >= 0.6 is 23.8 Å². The summed E-state index contributed by atoms with van der Waals surface area (Å²) in [7, 11) is 1.90. The van der Waals surface area contributed by atoms with Crippen LogP contribution in [0.5, 0.6) is 5.75 Å². The molecule has 0 spiro atoms. The fourth-order valence-electron chi connectivity index (χ4n) is 3.19. The summed E-state index contributed by atoms with van der Waals surface area (Å²) in [5.41, 5.74) is 0. The van der Waals surface area contributed by atoms with Crippen molar-refractivity contribution >= 4 is 29.8 Å². The van der Waals surface area contributed by atoms with E-state index in [1.54, 1.807) is 18.5 Å². The summed E-state index contributed by atoms with van der Waals surface area (Å²) < 4.78 is 10.2. The van der Waals surface area contributed by atoms with E-state index in [1.165, 1.54) is 0 Å². The van der Waals surface area contributed by atoms with E-state index in [-0.39, 0.29) is 0 Å². The van der Waals surface area contributed by atoms with Crippen LogP contribution < -0.4 is 9.64 Å². The van der Waals surface area contributed by atoms with E-state index in [4.69, 9.17) is 28.6 Å². The first-order valence-electron chi connectivity index (χ1n) is 9.36. The normalized spacial score (nSPS) is 14.9. The molecule has 0 saturated carbocycles. The van der Waals surface area contributed by atoms with Crippen molar-refractivity contribution in [3.05, 3.63) is 58.3 Å². The third-order valence-corrected chi connectivity index (χ3v) is 5.66. The van der Waals surface area contributed by atoms with Crippen LogP contribution in [0.3, 0.4) is 0 Å². The summed E-state index contributed by atoms with van der Waals surface area (Å²) >= 11 is 11.7. The average Bonchev–Trinajstić information content (AvgIpc) is 3.02. The molecular formula is C19H22ClN7OS. The minimum absolute atomic E-state index is 0.302. The number of halogens is 1. The summed E-state index contributed by atoms with van der Waals surface area (Å²) in [6, 6.07) is 9.22. The molecule has 0 amide bonds. The second-order valence-electron chi connectivity index (χ2n) is 6.77. The first-order chi connectivity index (χ1) is 14.1. The Morgan fingerprint density at radius 3 is 2.52 bits per heavy atom. The maximum Gasteiger partial charge on any atom is 0.225 e. The molecule has 152 valence electrons. The molecule has 1 aliphatic heterocycles. The van der Waals surface area contributed by atoms with Gasteiger partial charge < -0.3 is 14.2 Å². The van der Waals surface area contributed by atoms with Gasteiger partial charge in [-0.05, 0) is 30.4 Å². The number of hydrogen-bond acceptors (Lipinski definition) is 7. The molecule has 10 heteroatoms. The first kappa shape index (κ1) is 19.8. The molecule has 0 aliphatic carbocycles. The van der Waals surface area contributed by atoms with E-state index in [0.717, 1.165) is 38.0 Å². The molecule has 0 atom stereocenters. The van der Waals surface area contributed by atoms with Gasteiger partial charge in [0.15, 0.2) is 10.6 Å². The Morgan fingerprint density at radius 2 is 1.79 bits per heavy atom. The van der Waals surface area contributed by atoms with E-state index in [0.29, 0.717) is 28.8 Å². The maximum absolute atomic E-state index is 6.15. The van der Waals surface area contributed by atoms with Crippen molar-refractivity contribution in [1.82, 2.24) is 29.2 Å². The Kier molecular flexibility index (Phi) is 6.08. The number of ether oxygens (including phenoxy) is 1. The lowest BCUT2D eigenvalue weighted by molar-refractivity contribution is 0.192. The number of aromatic nitrogens is 5. The Hall–Kier alpha value is -2.49. The minimum atomic E-state index is 0.302. The Balaban J connectivity index is 1.37. The van der Waals surface area contributed by atoms with Crippen molar-refractivity contribution in [2.45, 2.75) is 13.3 Å². The molecular weight excluding hydrogens is 410 g/mol. The van der Waals surface area contributed by atoms with Gasteiger partial charge in [-0.15, -0.1) is 0 Å². The number of anilines is 1. The highest BCUT2D eigenvalue weighted by Crippen LogP contribution is 2.24. The number of para-hydroxylation sites is 1. The van der Waals surface area contributed by atoms with Crippen LogP contribution in [0.1, 0.15) is 5.82 Å². The van der Waals surface area contributed by atoms with E-state index in [2.05, 4.69) is 24.9 Å². The Morgan fingerprint density at radius 1 is 1.07 bits per heavy atom. The van der Waals surface area contributed by atoms with Crippen LogP contribution in [0.15, 0.2) is 42.7 Å². The molecule has 4 rings (SSSR count). The summed E-state index contributed by atoms with van der Waals surface area (Å²) in [5.74, 6) is 2.17. The third-order valence-electron chi connectivity index (χ3n) is 4.87. The predicted octanol–water partition coefficient (Wildman–Crippen LogP) is 2.75. The van der Waals surface area contributed by atoms with Gasteiger partial charge >= 0.3 is 0 Å². The van der Waals surface area contributed by atoms with Gasteiger partial charge in [0, 0.05) is 45.6 Å². The number of nitrogens with zero attached hydrogens (tertiary/aromatic N) is 7. The molecule has 0 radical (unpaired) electrons. The molecule has 1 saturated heterocycles. The van der Waals surface area contributed by atoms with Gasteiger partial charge in [0.05, 0.1) is 11.7 Å². The van der Waals surface area contributed by atoms with Crippen LogP contribution in [0.4, 0.5) is 5.95 Å². The molecule has 3 heterocycles. The van der Waals surface area contributed by atoms with Gasteiger partial charge in [0.1, 0.15) is 12.4 Å². The second-order valence-corrected chi connectivity index (χ2v) is 7.54. The van der Waals surface area contributed by atoms with Crippen molar-refractivity contribution in [3.8, 4) is 5.75 Å². The van der Waals surface area contributed by atoms with E-state index in [1.807, 2.05) is 40.6 Å². The van der Waals surface area contributed by atoms with Gasteiger partial charge in [0.2, 0.25) is 5.95 Å². The quantitative estimate of drug-likeness (QED) is 0.556. The molecule has 29 heavy (non-hydrogen) atoms. The van der Waals surface area contributed by atoms with Crippen molar-refractivity contribution in [1.29, 1.82) is 0 Å². The Bertz CT molecular complexity index is 1010. The average molecular weight is 432 g/mol. The number of rotatable bonds is 6. The van der Waals surface area contributed by atoms with Gasteiger partial charge in [-0.25, -0.2) is 14.6 Å². The van der Waals surface area contributed by atoms with Crippen molar-refractivity contribution in [2.24, 2.45) is 7.05 Å². The van der Waals surface area contributed by atoms with Crippen molar-refractivity contribution in [3.63, 3.8) is 0 Å². The van der Waals surface area contributed by atoms with E-state index >= 15 is 0 Å². The lowest BCUT2D eigenvalue weighted by atomic mass is 10.3. The zero-order chi connectivity index (χ0) is 20.2. The predicted molar refractivity (Wildman–Crippen MR) is 114 cm³/mol. The third kappa shape index (κ3) is 4.58. The molecule has 1 aromatic carbocycles. The van der Waals surface area contributed by atoms with Gasteiger partial charge in [-0.3, -0.25) is 4.90 Å². The number of hydrogen-bond donors (Lipinski definition) is 0. The summed E-state index contributed by atoms with van der Waals surface area (Å²) in [4.78, 5) is 13.2. The topological polar surface area (TPSA) is 64.2 Å². The SMILES string of the molecule is Cn1c(COc2ccccc2Cl)nn(CN2CCN(c3ncccn3)CC2)c1=S. The van der Waals surface area contributed by atoms with Crippen LogP contribution in [0, 0.1) is 4.77 Å². The summed E-state index contributed by atoms with van der Waals surface area (Å²) in [6.07, 6.45) is 3.54. The highest BCUT2D eigenvalue weighted by molar-refractivity contribution is 7.71. The van der Waals surface area contributed by atoms with Crippen LogP contribution in [-0.2, 0) is 20.3 Å². The highest BCUT2D eigenvalue weighted by atomic mass is 35.5. The number of benzene rings is 1. The van der Waals surface area contributed by atoms with Crippen LogP contribution in [-0.4, -0.2) is 55.4 Å². The molecule has 3 aromatic rings. The first-order valence-corrected chi connectivity index (χ1v) is 10.1. The lowest BCUT2D eigenvalue weighted by Crippen LogP contribution is -2.47. The zero-order valence-corrected chi connectivity index (χ0v) is 17.7. The summed E-state index contributed by atoms with van der Waals surface area (Å²) in [5, 5.41) is 5.23.